The third kappa shape index (κ3) is 5.06. The number of ether oxygens (including phenoxy) is 1. The quantitative estimate of drug-likeness (QED) is 0.386. The fraction of sp³-hybridized carbons (Fsp3) is 0.130. The first-order valence-electron chi connectivity index (χ1n) is 9.11. The fourth-order valence-corrected chi connectivity index (χ4v) is 2.97. The summed E-state index contributed by atoms with van der Waals surface area (Å²) in [4.78, 5) is 21.0. The second kappa shape index (κ2) is 9.43. The largest absolute Gasteiger partial charge is 0.469 e. The first-order valence-corrected chi connectivity index (χ1v) is 9.11. The van der Waals surface area contributed by atoms with Crippen molar-refractivity contribution in [2.75, 3.05) is 7.11 Å². The number of aromatic nitrogens is 1. The van der Waals surface area contributed by atoms with Crippen LogP contribution in [0, 0.1) is 17.1 Å². The van der Waals surface area contributed by atoms with Gasteiger partial charge in [0, 0.05) is 12.6 Å². The second-order valence-electron chi connectivity index (χ2n) is 6.52. The van der Waals surface area contributed by atoms with Crippen molar-refractivity contribution in [2.45, 2.75) is 12.5 Å². The van der Waals surface area contributed by atoms with Crippen LogP contribution in [-0.4, -0.2) is 23.9 Å². The molecule has 0 saturated carbocycles. The van der Waals surface area contributed by atoms with Crippen LogP contribution in [0.4, 0.5) is 4.39 Å². The Morgan fingerprint density at radius 1 is 1.20 bits per heavy atom. The molecule has 0 bridgehead atoms. The lowest BCUT2D eigenvalue weighted by Crippen LogP contribution is -2.16. The molecule has 0 saturated heterocycles. The van der Waals surface area contributed by atoms with Crippen molar-refractivity contribution in [1.29, 1.82) is 5.26 Å². The molecule has 0 radical (unpaired) electrons. The Morgan fingerprint density at radius 3 is 2.57 bits per heavy atom. The van der Waals surface area contributed by atoms with Crippen LogP contribution in [0.25, 0.3) is 0 Å². The van der Waals surface area contributed by atoms with Gasteiger partial charge in [0.2, 0.25) is 0 Å². The second-order valence-corrected chi connectivity index (χ2v) is 6.52. The molecule has 0 aliphatic carbocycles. The van der Waals surface area contributed by atoms with Crippen LogP contribution in [0.15, 0.2) is 71.9 Å². The molecule has 7 heteroatoms. The third-order valence-corrected chi connectivity index (χ3v) is 4.44. The van der Waals surface area contributed by atoms with Crippen LogP contribution in [0.2, 0.25) is 0 Å². The van der Waals surface area contributed by atoms with E-state index in [2.05, 4.69) is 9.98 Å². The zero-order valence-electron chi connectivity index (χ0n) is 16.2. The Balaban J connectivity index is 1.90. The van der Waals surface area contributed by atoms with Crippen molar-refractivity contribution in [1.82, 2.24) is 4.98 Å². The average molecular weight is 402 g/mol. The molecular weight excluding hydrogens is 383 g/mol. The molecule has 2 aromatic carbocycles. The van der Waals surface area contributed by atoms with Gasteiger partial charge in [0.15, 0.2) is 5.78 Å². The number of pyridine rings is 1. The number of Topliss-reactive ketones (excluding diaryl/α,β-unsaturated/α-hetero) is 1. The molecular formula is C23H19FN4O2. The summed E-state index contributed by atoms with van der Waals surface area (Å²) in [6.07, 6.45) is 1.48. The molecule has 1 atom stereocenters. The Kier molecular flexibility index (Phi) is 6.50. The molecule has 0 spiro atoms. The predicted molar refractivity (Wildman–Crippen MR) is 110 cm³/mol. The number of halogens is 1. The number of carbonyl (C=O) groups is 1. The lowest BCUT2D eigenvalue weighted by molar-refractivity contribution is 0.0988. The van der Waals surface area contributed by atoms with E-state index < -0.39 is 6.04 Å². The molecule has 1 aromatic heterocycles. The van der Waals surface area contributed by atoms with Crippen molar-refractivity contribution < 1.29 is 13.9 Å². The zero-order chi connectivity index (χ0) is 21.5. The number of nitrogens with two attached hydrogens (primary N) is 1. The molecule has 0 fully saturated rings. The van der Waals surface area contributed by atoms with E-state index in [0.717, 1.165) is 11.1 Å². The number of nitriles is 1. The third-order valence-electron chi connectivity index (χ3n) is 4.44. The van der Waals surface area contributed by atoms with E-state index in [1.54, 1.807) is 24.3 Å². The van der Waals surface area contributed by atoms with Crippen LogP contribution >= 0.6 is 0 Å². The van der Waals surface area contributed by atoms with Crippen LogP contribution in [0.1, 0.15) is 38.8 Å². The molecule has 0 aliphatic heterocycles. The molecule has 3 aromatic rings. The molecule has 1 heterocycles. The van der Waals surface area contributed by atoms with Gasteiger partial charge in [-0.05, 0) is 41.0 Å². The molecule has 6 nitrogen and oxygen atoms in total. The van der Waals surface area contributed by atoms with Gasteiger partial charge in [0.05, 0.1) is 12.7 Å². The van der Waals surface area contributed by atoms with Crippen molar-refractivity contribution in [3.05, 3.63) is 101 Å². The van der Waals surface area contributed by atoms with Gasteiger partial charge in [-0.15, -0.1) is 0 Å². The average Bonchev–Trinajstić information content (AvgIpc) is 2.77. The number of methoxy groups -OCH3 is 1. The maximum Gasteiger partial charge on any atom is 0.282 e. The summed E-state index contributed by atoms with van der Waals surface area (Å²) in [5, 5.41) is 8.85. The predicted octanol–water partition coefficient (Wildman–Crippen LogP) is 3.57. The van der Waals surface area contributed by atoms with E-state index in [1.165, 1.54) is 31.5 Å². The van der Waals surface area contributed by atoms with Crippen LogP contribution in [0.3, 0.4) is 0 Å². The maximum absolute atomic E-state index is 13.8. The minimum absolute atomic E-state index is 0.0347. The normalized spacial score (nSPS) is 12.1. The summed E-state index contributed by atoms with van der Waals surface area (Å²) < 4.78 is 18.7. The van der Waals surface area contributed by atoms with Crippen LogP contribution in [-0.2, 0) is 11.2 Å². The standard InChI is InChI=1S/C23H19FN4O2/c1-30-23(26)28-22(18-6-3-7-19(24)12-18)17-5-2-4-15(10-17)11-21(29)20-9-8-16(13-25)14-27-20/h2-10,12,14,22H,11H2,1H3,(H2,26,28). The van der Waals surface area contributed by atoms with E-state index in [4.69, 9.17) is 15.7 Å². The van der Waals surface area contributed by atoms with E-state index in [0.29, 0.717) is 11.1 Å². The van der Waals surface area contributed by atoms with Gasteiger partial charge in [-0.25, -0.2) is 9.38 Å². The number of hydrogen-bond acceptors (Lipinski definition) is 5. The smallest absolute Gasteiger partial charge is 0.282 e. The van der Waals surface area contributed by atoms with E-state index in [1.807, 2.05) is 24.3 Å². The number of carbonyl (C=O) groups excluding carboxylic acids is 1. The minimum atomic E-state index is -0.594. The summed E-state index contributed by atoms with van der Waals surface area (Å²) >= 11 is 0. The van der Waals surface area contributed by atoms with Crippen LogP contribution in [0.5, 0.6) is 0 Å². The lowest BCUT2D eigenvalue weighted by atomic mass is 9.96. The lowest BCUT2D eigenvalue weighted by Gasteiger charge is -2.15. The van der Waals surface area contributed by atoms with E-state index in [9.17, 15) is 9.18 Å². The maximum atomic E-state index is 13.8. The van der Waals surface area contributed by atoms with Gasteiger partial charge in [0.1, 0.15) is 23.6 Å². The topological polar surface area (TPSA) is 101 Å². The molecule has 2 N–H and O–H groups in total. The highest BCUT2D eigenvalue weighted by atomic mass is 19.1. The highest BCUT2D eigenvalue weighted by molar-refractivity contribution is 5.95. The van der Waals surface area contributed by atoms with Gasteiger partial charge < -0.3 is 10.5 Å². The highest BCUT2D eigenvalue weighted by Gasteiger charge is 2.17. The Labute approximate surface area is 173 Å². The molecule has 0 amide bonds. The van der Waals surface area contributed by atoms with Gasteiger partial charge in [-0.2, -0.15) is 5.26 Å². The van der Waals surface area contributed by atoms with Crippen molar-refractivity contribution in [3.8, 4) is 6.07 Å². The Morgan fingerprint density at radius 2 is 1.93 bits per heavy atom. The molecule has 0 aliphatic rings. The number of benzene rings is 2. The first-order chi connectivity index (χ1) is 14.5. The van der Waals surface area contributed by atoms with Gasteiger partial charge in [-0.3, -0.25) is 9.78 Å². The Bertz CT molecular complexity index is 1120. The molecule has 30 heavy (non-hydrogen) atoms. The Hall–Kier alpha value is -4.05. The number of ketones is 1. The zero-order valence-corrected chi connectivity index (χ0v) is 16.2. The van der Waals surface area contributed by atoms with Crippen LogP contribution < -0.4 is 5.73 Å². The summed E-state index contributed by atoms with van der Waals surface area (Å²) in [7, 11) is 1.40. The molecule has 1 unspecified atom stereocenters. The van der Waals surface area contributed by atoms with E-state index in [-0.39, 0.29) is 29.7 Å². The number of aliphatic imine (C=N–C) groups is 1. The summed E-state index contributed by atoms with van der Waals surface area (Å²) in [6.45, 7) is 0. The van der Waals surface area contributed by atoms with Crippen molar-refractivity contribution in [3.63, 3.8) is 0 Å². The van der Waals surface area contributed by atoms with Gasteiger partial charge in [0.25, 0.3) is 6.02 Å². The number of nitrogens with zero attached hydrogens (tertiary/aromatic N) is 3. The summed E-state index contributed by atoms with van der Waals surface area (Å²) in [5.41, 5.74) is 8.51. The number of rotatable bonds is 6. The monoisotopic (exact) mass is 402 g/mol. The minimum Gasteiger partial charge on any atom is -0.469 e. The fourth-order valence-electron chi connectivity index (χ4n) is 2.97. The molecule has 150 valence electrons. The van der Waals surface area contributed by atoms with Crippen molar-refractivity contribution >= 4 is 11.8 Å². The van der Waals surface area contributed by atoms with Gasteiger partial charge >= 0.3 is 0 Å². The number of hydrogen-bond donors (Lipinski definition) is 1. The molecule has 3 rings (SSSR count). The summed E-state index contributed by atoms with van der Waals surface area (Å²) in [6, 6.07) is 17.8. The van der Waals surface area contributed by atoms with Gasteiger partial charge in [-0.1, -0.05) is 36.4 Å². The SMILES string of the molecule is COC(N)=NC(c1cccc(F)c1)c1cccc(CC(=O)c2ccc(C#N)cn2)c1. The van der Waals surface area contributed by atoms with E-state index >= 15 is 0 Å². The summed E-state index contributed by atoms with van der Waals surface area (Å²) in [5.74, 6) is -0.569. The number of amidine groups is 1. The first kappa shape index (κ1) is 20.7. The van der Waals surface area contributed by atoms with Crippen molar-refractivity contribution in [2.24, 2.45) is 10.7 Å². The highest BCUT2D eigenvalue weighted by Crippen LogP contribution is 2.28.